The van der Waals surface area contributed by atoms with E-state index in [0.29, 0.717) is 16.8 Å². The topological polar surface area (TPSA) is 157 Å². The van der Waals surface area contributed by atoms with Crippen molar-refractivity contribution in [2.24, 2.45) is 0 Å². The number of phenolic OH excluding ortho intramolecular Hbond substituents is 1. The van der Waals surface area contributed by atoms with Gasteiger partial charge in [-0.25, -0.2) is 9.59 Å². The second kappa shape index (κ2) is 8.79. The quantitative estimate of drug-likeness (QED) is 0.250. The van der Waals surface area contributed by atoms with E-state index in [-0.39, 0.29) is 23.5 Å². The van der Waals surface area contributed by atoms with Gasteiger partial charge in [0, 0.05) is 11.3 Å². The molecule has 1 saturated carbocycles. The first kappa shape index (κ1) is 25.5. The molecule has 36 heavy (non-hydrogen) atoms. The van der Waals surface area contributed by atoms with Gasteiger partial charge in [-0.05, 0) is 51.0 Å². The lowest BCUT2D eigenvalue weighted by Gasteiger charge is -2.44. The first-order valence-electron chi connectivity index (χ1n) is 11.7. The minimum atomic E-state index is -2.10. The van der Waals surface area contributed by atoms with E-state index >= 15 is 0 Å². The number of fused-ring (bicyclic) bond motifs is 1. The molecule has 2 amide bonds. The number of aromatic hydroxyl groups is 1. The van der Waals surface area contributed by atoms with Crippen LogP contribution in [-0.2, 0) is 4.74 Å². The van der Waals surface area contributed by atoms with E-state index in [4.69, 9.17) is 4.74 Å². The van der Waals surface area contributed by atoms with Crippen LogP contribution in [0.25, 0.3) is 0 Å². The summed E-state index contributed by atoms with van der Waals surface area (Å²) >= 11 is 0. The van der Waals surface area contributed by atoms with E-state index in [2.05, 4.69) is 16.0 Å². The highest BCUT2D eigenvalue weighted by Gasteiger charge is 2.77. The number of rotatable bonds is 7. The van der Waals surface area contributed by atoms with Gasteiger partial charge in [-0.2, -0.15) is 0 Å². The lowest BCUT2D eigenvalue weighted by atomic mass is 9.75. The minimum absolute atomic E-state index is 0.0470. The van der Waals surface area contributed by atoms with Gasteiger partial charge in [0.05, 0.1) is 17.6 Å². The number of Topliss-reactive ketones (excluding diaryl/α,β-unsaturated/α-hetero) is 1. The summed E-state index contributed by atoms with van der Waals surface area (Å²) in [7, 11) is 0. The summed E-state index contributed by atoms with van der Waals surface area (Å²) in [6.07, 6.45) is 0.254. The van der Waals surface area contributed by atoms with Crippen molar-refractivity contribution in [3.8, 4) is 5.75 Å². The monoisotopic (exact) mass is 497 g/mol. The number of aryl methyl sites for hydroxylation is 1. The number of phenols is 1. The summed E-state index contributed by atoms with van der Waals surface area (Å²) in [5.74, 6) is -1.29. The van der Waals surface area contributed by atoms with E-state index in [1.165, 1.54) is 19.9 Å². The summed E-state index contributed by atoms with van der Waals surface area (Å²) in [6, 6.07) is 8.85. The molecular formula is C26H31N3O7. The Hall–Kier alpha value is -3.63. The zero-order chi connectivity index (χ0) is 26.5. The predicted octanol–water partition coefficient (Wildman–Crippen LogP) is 1.87. The molecule has 1 heterocycles. The largest absolute Gasteiger partial charge is 0.507 e. The molecule has 1 saturated heterocycles. The lowest BCUT2D eigenvalue weighted by molar-refractivity contribution is -0.171. The molecule has 0 bridgehead atoms. The zero-order valence-corrected chi connectivity index (χ0v) is 20.6. The molecule has 10 nitrogen and oxygen atoms in total. The molecule has 0 unspecified atom stereocenters. The van der Waals surface area contributed by atoms with Crippen LogP contribution in [0, 0.1) is 6.92 Å². The Labute approximate surface area is 208 Å². The fourth-order valence-corrected chi connectivity index (χ4v) is 5.60. The maximum atomic E-state index is 12.9. The highest BCUT2D eigenvalue weighted by Crippen LogP contribution is 2.51. The molecule has 1 aliphatic heterocycles. The van der Waals surface area contributed by atoms with Crippen LogP contribution in [-0.4, -0.2) is 68.5 Å². The number of carbonyl (C=O) groups is 3. The molecule has 0 radical (unpaired) electrons. The van der Waals surface area contributed by atoms with Crippen molar-refractivity contribution in [1.82, 2.24) is 10.6 Å². The Morgan fingerprint density at radius 1 is 1.17 bits per heavy atom. The molecule has 10 heteroatoms. The molecule has 2 fully saturated rings. The van der Waals surface area contributed by atoms with E-state index in [1.807, 2.05) is 0 Å². The fourth-order valence-electron chi connectivity index (χ4n) is 5.60. The van der Waals surface area contributed by atoms with Gasteiger partial charge in [0.2, 0.25) is 0 Å². The molecule has 2 aromatic carbocycles. The van der Waals surface area contributed by atoms with Gasteiger partial charge in [-0.1, -0.05) is 31.2 Å². The zero-order valence-electron chi connectivity index (χ0n) is 20.6. The Morgan fingerprint density at radius 2 is 1.86 bits per heavy atom. The third kappa shape index (κ3) is 3.68. The third-order valence-electron chi connectivity index (χ3n) is 7.74. The molecule has 192 valence electrons. The van der Waals surface area contributed by atoms with E-state index < -0.39 is 47.4 Å². The number of aliphatic hydroxyl groups is 2. The number of hydrogen-bond donors (Lipinski definition) is 6. The first-order chi connectivity index (χ1) is 16.9. The Bertz CT molecular complexity index is 1210. The maximum Gasteiger partial charge on any atom is 0.342 e. The van der Waals surface area contributed by atoms with Gasteiger partial charge < -0.3 is 36.0 Å². The van der Waals surface area contributed by atoms with E-state index in [9.17, 15) is 29.7 Å². The number of benzene rings is 2. The van der Waals surface area contributed by atoms with Crippen LogP contribution in [0.1, 0.15) is 53.5 Å². The molecule has 6 N–H and O–H groups in total. The van der Waals surface area contributed by atoms with Crippen LogP contribution in [0.15, 0.2) is 42.5 Å². The summed E-state index contributed by atoms with van der Waals surface area (Å²) in [5.41, 5.74) is -4.03. The Kier molecular flexibility index (Phi) is 6.22. The van der Waals surface area contributed by atoms with Crippen molar-refractivity contribution < 1.29 is 34.4 Å². The number of esters is 1. The van der Waals surface area contributed by atoms with Gasteiger partial charge in [0.25, 0.3) is 0 Å². The van der Waals surface area contributed by atoms with Crippen LogP contribution in [0.4, 0.5) is 10.5 Å². The summed E-state index contributed by atoms with van der Waals surface area (Å²) in [4.78, 5) is 37.2. The van der Waals surface area contributed by atoms with Gasteiger partial charge in [0.1, 0.15) is 23.5 Å². The second-order valence-corrected chi connectivity index (χ2v) is 9.70. The van der Waals surface area contributed by atoms with Crippen LogP contribution in [0.3, 0.4) is 0 Å². The molecule has 1 aliphatic carbocycles. The summed E-state index contributed by atoms with van der Waals surface area (Å²) in [6.45, 7) is 5.58. The predicted molar refractivity (Wildman–Crippen MR) is 131 cm³/mol. The SMILES string of the molecule is CC[C@]12NC(=O)N[C@H]1[C@H](Nc1cccc(C(C)=O)c1)[C@](O)(COC(=O)c1c(C)cccc1O)[C@]2(C)O. The van der Waals surface area contributed by atoms with Crippen LogP contribution in [0.5, 0.6) is 5.75 Å². The van der Waals surface area contributed by atoms with E-state index in [1.54, 1.807) is 50.2 Å². The van der Waals surface area contributed by atoms with Crippen molar-refractivity contribution in [1.29, 1.82) is 0 Å². The van der Waals surface area contributed by atoms with Crippen LogP contribution >= 0.6 is 0 Å². The van der Waals surface area contributed by atoms with Crippen LogP contribution in [0.2, 0.25) is 0 Å². The Morgan fingerprint density at radius 3 is 2.50 bits per heavy atom. The number of amides is 2. The maximum absolute atomic E-state index is 12.9. The normalized spacial score (nSPS) is 30.8. The molecule has 5 atom stereocenters. The Balaban J connectivity index is 1.73. The molecule has 2 aromatic rings. The minimum Gasteiger partial charge on any atom is -0.507 e. The number of urea groups is 1. The van der Waals surface area contributed by atoms with Gasteiger partial charge in [-0.3, -0.25) is 4.79 Å². The van der Waals surface area contributed by atoms with Gasteiger partial charge in [-0.15, -0.1) is 0 Å². The average molecular weight is 498 g/mol. The number of ketones is 1. The molecule has 2 aliphatic rings. The number of carbonyl (C=O) groups excluding carboxylic acids is 3. The van der Waals surface area contributed by atoms with Gasteiger partial charge in [0.15, 0.2) is 11.4 Å². The van der Waals surface area contributed by atoms with Crippen molar-refractivity contribution in [3.63, 3.8) is 0 Å². The summed E-state index contributed by atoms with van der Waals surface area (Å²) < 4.78 is 5.48. The fraction of sp³-hybridized carbons (Fsp3) is 0.423. The van der Waals surface area contributed by atoms with Gasteiger partial charge >= 0.3 is 12.0 Å². The molecule has 4 rings (SSSR count). The number of nitrogens with one attached hydrogen (secondary N) is 3. The van der Waals surface area contributed by atoms with Crippen molar-refractivity contribution in [2.75, 3.05) is 11.9 Å². The average Bonchev–Trinajstić information content (AvgIpc) is 3.23. The number of anilines is 1. The molecule has 0 aromatic heterocycles. The standard InChI is InChI=1S/C26H31N3O7/c1-5-25-20(28-23(33)29-25)21(27-17-10-7-9-16(12-17)15(3)30)26(35,24(25,4)34)13-36-22(32)19-14(2)8-6-11-18(19)31/h6-12,20-21,27,31,34-35H,5,13H2,1-4H3,(H2,28,29,33)/t20-,21-,24+,25-,26+/m0/s1. The third-order valence-corrected chi connectivity index (χ3v) is 7.74. The summed E-state index contributed by atoms with van der Waals surface area (Å²) in [5, 5.41) is 42.7. The number of ether oxygens (including phenoxy) is 1. The smallest absolute Gasteiger partial charge is 0.342 e. The van der Waals surface area contributed by atoms with Crippen molar-refractivity contribution in [2.45, 2.75) is 62.9 Å². The highest BCUT2D eigenvalue weighted by molar-refractivity contribution is 5.95. The van der Waals surface area contributed by atoms with E-state index in [0.717, 1.165) is 0 Å². The first-order valence-corrected chi connectivity index (χ1v) is 11.7. The highest BCUT2D eigenvalue weighted by atomic mass is 16.5. The second-order valence-electron chi connectivity index (χ2n) is 9.70. The molecule has 0 spiro atoms. The molecular weight excluding hydrogens is 466 g/mol. The number of hydrogen-bond acceptors (Lipinski definition) is 8. The lowest BCUT2D eigenvalue weighted by Crippen LogP contribution is -2.68. The van der Waals surface area contributed by atoms with Crippen LogP contribution < -0.4 is 16.0 Å². The van der Waals surface area contributed by atoms with Crippen molar-refractivity contribution in [3.05, 3.63) is 59.2 Å². The van der Waals surface area contributed by atoms with Crippen molar-refractivity contribution >= 4 is 23.5 Å².